The first-order chi connectivity index (χ1) is 11.4. The lowest BCUT2D eigenvalue weighted by atomic mass is 10.3. The first-order valence-corrected chi connectivity index (χ1v) is 7.41. The van der Waals surface area contributed by atoms with E-state index in [0.29, 0.717) is 44.6 Å². The number of hydrogen-bond acceptors (Lipinski definition) is 11. The van der Waals surface area contributed by atoms with E-state index in [4.69, 9.17) is 23.5 Å². The van der Waals surface area contributed by atoms with Crippen molar-refractivity contribution in [1.82, 2.24) is 20.6 Å². The zero-order valence-electron chi connectivity index (χ0n) is 12.7. The van der Waals surface area contributed by atoms with E-state index in [-0.39, 0.29) is 11.8 Å². The van der Waals surface area contributed by atoms with Crippen molar-refractivity contribution in [3.05, 3.63) is 0 Å². The second-order valence-corrected chi connectivity index (χ2v) is 4.74. The van der Waals surface area contributed by atoms with Gasteiger partial charge in [0.25, 0.3) is 11.6 Å². The first-order valence-electron chi connectivity index (χ1n) is 7.41. The van der Waals surface area contributed by atoms with E-state index in [9.17, 15) is 0 Å². The zero-order valence-corrected chi connectivity index (χ0v) is 12.7. The van der Waals surface area contributed by atoms with Crippen molar-refractivity contribution >= 4 is 11.6 Å². The molecule has 126 valence electrons. The molecule has 2 aromatic heterocycles. The number of anilines is 2. The lowest BCUT2D eigenvalue weighted by Gasteiger charge is -2.21. The molecule has 0 atom stereocenters. The molecule has 1 aliphatic heterocycles. The first kappa shape index (κ1) is 15.3. The van der Waals surface area contributed by atoms with Gasteiger partial charge in [0.2, 0.25) is 0 Å². The molecule has 2 aromatic rings. The summed E-state index contributed by atoms with van der Waals surface area (Å²) < 4.78 is 25.9. The highest BCUT2D eigenvalue weighted by atomic mass is 16.6. The number of ether oxygens (including phenoxy) is 3. The topological polar surface area (TPSA) is 121 Å². The highest BCUT2D eigenvalue weighted by molar-refractivity contribution is 5.55. The molecule has 11 nitrogen and oxygen atoms in total. The monoisotopic (exact) mass is 326 g/mol. The van der Waals surface area contributed by atoms with Crippen LogP contribution in [0.2, 0.25) is 0 Å². The van der Waals surface area contributed by atoms with Gasteiger partial charge in [0, 0.05) is 6.54 Å². The molecule has 11 heteroatoms. The number of hydrazine groups is 1. The Hall–Kier alpha value is -2.56. The average molecular weight is 326 g/mol. The smallest absolute Gasteiger partial charge is 0.302 e. The predicted molar refractivity (Wildman–Crippen MR) is 76.3 cm³/mol. The standard InChI is InChI=1S/C12H18N6O5/c1-2-3-4-18-10-12(17-23-15-10)21-8-6-19-5-7-20-11-9(13-18)14-22-16-11/h2-8H2,1H3,(H,13,14). The van der Waals surface area contributed by atoms with Crippen molar-refractivity contribution in [3.63, 3.8) is 0 Å². The van der Waals surface area contributed by atoms with Gasteiger partial charge in [-0.1, -0.05) is 13.3 Å². The Kier molecular flexibility index (Phi) is 5.09. The van der Waals surface area contributed by atoms with E-state index in [0.717, 1.165) is 12.8 Å². The highest BCUT2D eigenvalue weighted by Gasteiger charge is 2.23. The Labute approximate surface area is 131 Å². The van der Waals surface area contributed by atoms with Crippen LogP contribution in [0.1, 0.15) is 19.8 Å². The average Bonchev–Trinajstić information content (AvgIpc) is 3.19. The molecular formula is C12H18N6O5. The van der Waals surface area contributed by atoms with Gasteiger partial charge in [-0.15, -0.1) is 0 Å². The summed E-state index contributed by atoms with van der Waals surface area (Å²) in [4.78, 5) is 0. The van der Waals surface area contributed by atoms with Gasteiger partial charge in [0.05, 0.1) is 13.2 Å². The lowest BCUT2D eigenvalue weighted by molar-refractivity contribution is 0.0724. The van der Waals surface area contributed by atoms with Gasteiger partial charge in [-0.2, -0.15) is 0 Å². The number of unbranched alkanes of at least 4 members (excludes halogenated alkanes) is 1. The van der Waals surface area contributed by atoms with Gasteiger partial charge < -0.3 is 14.2 Å². The van der Waals surface area contributed by atoms with Gasteiger partial charge in [0.1, 0.15) is 13.2 Å². The second kappa shape index (κ2) is 7.63. The molecule has 1 N–H and O–H groups in total. The third kappa shape index (κ3) is 3.80. The fourth-order valence-corrected chi connectivity index (χ4v) is 1.93. The van der Waals surface area contributed by atoms with Crippen molar-refractivity contribution in [2.75, 3.05) is 43.4 Å². The molecule has 0 bridgehead atoms. The maximum absolute atomic E-state index is 5.55. The molecule has 23 heavy (non-hydrogen) atoms. The summed E-state index contributed by atoms with van der Waals surface area (Å²) >= 11 is 0. The van der Waals surface area contributed by atoms with Gasteiger partial charge in [0.15, 0.2) is 0 Å². The Bertz CT molecular complexity index is 602. The van der Waals surface area contributed by atoms with Crippen LogP contribution in [-0.4, -0.2) is 53.6 Å². The number of nitrogens with zero attached hydrogens (tertiary/aromatic N) is 5. The van der Waals surface area contributed by atoms with Crippen LogP contribution in [0.4, 0.5) is 11.6 Å². The molecule has 0 unspecified atom stereocenters. The number of aromatic nitrogens is 4. The number of nitrogens with one attached hydrogen (secondary N) is 1. The predicted octanol–water partition coefficient (Wildman–Crippen LogP) is 0.874. The van der Waals surface area contributed by atoms with Crippen molar-refractivity contribution in [3.8, 4) is 11.8 Å². The summed E-state index contributed by atoms with van der Waals surface area (Å²) in [5.41, 5.74) is 3.05. The van der Waals surface area contributed by atoms with Gasteiger partial charge in [-0.3, -0.25) is 10.4 Å². The van der Waals surface area contributed by atoms with Crippen LogP contribution in [0.5, 0.6) is 11.8 Å². The van der Waals surface area contributed by atoms with Crippen LogP contribution < -0.4 is 19.9 Å². The molecule has 0 aliphatic carbocycles. The summed E-state index contributed by atoms with van der Waals surface area (Å²) in [6, 6.07) is 0. The van der Waals surface area contributed by atoms with E-state index >= 15 is 0 Å². The molecule has 0 fully saturated rings. The Morgan fingerprint density at radius 2 is 1.70 bits per heavy atom. The third-order valence-electron chi connectivity index (χ3n) is 3.07. The molecule has 0 aromatic carbocycles. The Balaban J connectivity index is 1.85. The summed E-state index contributed by atoms with van der Waals surface area (Å²) in [5.74, 6) is 1.25. The highest BCUT2D eigenvalue weighted by Crippen LogP contribution is 2.27. The molecule has 0 saturated carbocycles. The minimum absolute atomic E-state index is 0.244. The van der Waals surface area contributed by atoms with Crippen LogP contribution in [0, 0.1) is 0 Å². The summed E-state index contributed by atoms with van der Waals surface area (Å²) in [7, 11) is 0. The quantitative estimate of drug-likeness (QED) is 0.864. The minimum Gasteiger partial charge on any atom is -0.470 e. The Morgan fingerprint density at radius 1 is 0.957 bits per heavy atom. The molecular weight excluding hydrogens is 308 g/mol. The zero-order chi connectivity index (χ0) is 15.9. The third-order valence-corrected chi connectivity index (χ3v) is 3.07. The van der Waals surface area contributed by atoms with E-state index in [1.807, 2.05) is 0 Å². The van der Waals surface area contributed by atoms with Crippen molar-refractivity contribution in [2.24, 2.45) is 0 Å². The molecule has 1 aliphatic rings. The van der Waals surface area contributed by atoms with E-state index in [1.165, 1.54) is 0 Å². The van der Waals surface area contributed by atoms with Crippen LogP contribution in [0.15, 0.2) is 9.26 Å². The van der Waals surface area contributed by atoms with E-state index in [2.05, 4.69) is 33.0 Å². The number of rotatable bonds is 3. The maximum Gasteiger partial charge on any atom is 0.302 e. The molecule has 0 amide bonds. The lowest BCUT2D eigenvalue weighted by Crippen LogP contribution is -2.32. The minimum atomic E-state index is 0.244. The van der Waals surface area contributed by atoms with Crippen LogP contribution in [0.3, 0.4) is 0 Å². The summed E-state index contributed by atoms with van der Waals surface area (Å²) in [5, 5.41) is 16.9. The van der Waals surface area contributed by atoms with Crippen LogP contribution in [0.25, 0.3) is 0 Å². The molecule has 3 rings (SSSR count). The molecule has 0 spiro atoms. The second-order valence-electron chi connectivity index (χ2n) is 4.74. The fraction of sp³-hybridized carbons (Fsp3) is 0.667. The van der Waals surface area contributed by atoms with Crippen LogP contribution in [-0.2, 0) is 4.74 Å². The Morgan fingerprint density at radius 3 is 2.52 bits per heavy atom. The SMILES string of the molecule is CCCCN1Nc2nonc2OCCOCCOc2nonc21. The number of fused-ring (bicyclic) bond motifs is 2. The normalized spacial score (nSPS) is 15.8. The molecule has 3 heterocycles. The maximum atomic E-state index is 5.55. The van der Waals surface area contributed by atoms with Crippen molar-refractivity contribution < 1.29 is 23.5 Å². The van der Waals surface area contributed by atoms with Crippen LogP contribution >= 0.6 is 0 Å². The van der Waals surface area contributed by atoms with Gasteiger partial charge in [-0.25, -0.2) is 9.26 Å². The van der Waals surface area contributed by atoms with Gasteiger partial charge >= 0.3 is 11.8 Å². The van der Waals surface area contributed by atoms with E-state index < -0.39 is 0 Å². The van der Waals surface area contributed by atoms with Crippen molar-refractivity contribution in [2.45, 2.75) is 19.8 Å². The summed E-state index contributed by atoms with van der Waals surface area (Å²) in [6.07, 6.45) is 1.90. The fourth-order valence-electron chi connectivity index (χ4n) is 1.93. The summed E-state index contributed by atoms with van der Waals surface area (Å²) in [6.45, 7) is 4.14. The van der Waals surface area contributed by atoms with Gasteiger partial charge in [-0.05, 0) is 27.0 Å². The van der Waals surface area contributed by atoms with E-state index in [1.54, 1.807) is 5.01 Å². The van der Waals surface area contributed by atoms with Crippen molar-refractivity contribution in [1.29, 1.82) is 0 Å². The largest absolute Gasteiger partial charge is 0.470 e. The molecule has 0 radical (unpaired) electrons. The number of hydrogen-bond donors (Lipinski definition) is 1. The molecule has 0 saturated heterocycles.